The summed E-state index contributed by atoms with van der Waals surface area (Å²) >= 11 is 0. The maximum atomic E-state index is 12.6. The first-order chi connectivity index (χ1) is 13.0. The zero-order valence-electron chi connectivity index (χ0n) is 16.5. The van der Waals surface area contributed by atoms with Crippen LogP contribution in [0.15, 0.2) is 30.3 Å². The Morgan fingerprint density at radius 1 is 1.30 bits per heavy atom. The van der Waals surface area contributed by atoms with Crippen molar-refractivity contribution in [3.05, 3.63) is 52.8 Å². The number of carbonyl (C=O) groups is 1. The van der Waals surface area contributed by atoms with Crippen LogP contribution in [0.25, 0.3) is 0 Å². The van der Waals surface area contributed by atoms with Gasteiger partial charge in [0, 0.05) is 56.5 Å². The lowest BCUT2D eigenvalue weighted by Crippen LogP contribution is -2.52. The van der Waals surface area contributed by atoms with Gasteiger partial charge >= 0.3 is 0 Å². The highest BCUT2D eigenvalue weighted by Crippen LogP contribution is 2.20. The predicted octanol–water partition coefficient (Wildman–Crippen LogP) is 1.58. The molecule has 0 radical (unpaired) electrons. The average molecular weight is 370 g/mol. The Hall–Kier alpha value is -2.18. The third-order valence-electron chi connectivity index (χ3n) is 5.64. The van der Waals surface area contributed by atoms with Gasteiger partial charge in [0.1, 0.15) is 0 Å². The van der Waals surface area contributed by atoms with Crippen molar-refractivity contribution >= 4 is 5.91 Å². The van der Waals surface area contributed by atoms with E-state index in [9.17, 15) is 9.90 Å². The van der Waals surface area contributed by atoms with Crippen molar-refractivity contribution in [2.45, 2.75) is 39.3 Å². The van der Waals surface area contributed by atoms with Crippen molar-refractivity contribution in [3.63, 3.8) is 0 Å². The van der Waals surface area contributed by atoms with Crippen LogP contribution in [0, 0.1) is 19.8 Å². The number of aryl methyl sites for hydroxylation is 2. The van der Waals surface area contributed by atoms with E-state index in [1.54, 1.807) is 0 Å². The third kappa shape index (κ3) is 4.76. The van der Waals surface area contributed by atoms with Crippen molar-refractivity contribution in [3.8, 4) is 0 Å². The number of likely N-dealkylation sites (tertiary alicyclic amines) is 1. The Morgan fingerprint density at radius 3 is 2.67 bits per heavy atom. The van der Waals surface area contributed by atoms with E-state index < -0.39 is 0 Å². The topological polar surface area (TPSA) is 70.4 Å². The average Bonchev–Trinajstić information content (AvgIpc) is 2.90. The van der Waals surface area contributed by atoms with Crippen LogP contribution in [0.2, 0.25) is 0 Å². The monoisotopic (exact) mass is 370 g/mol. The van der Waals surface area contributed by atoms with Crippen LogP contribution in [0.4, 0.5) is 0 Å². The Morgan fingerprint density at radius 2 is 2.04 bits per heavy atom. The highest BCUT2D eigenvalue weighted by Gasteiger charge is 2.30. The zero-order valence-corrected chi connectivity index (χ0v) is 16.5. The van der Waals surface area contributed by atoms with Crippen molar-refractivity contribution in [1.82, 2.24) is 20.0 Å². The summed E-state index contributed by atoms with van der Waals surface area (Å²) in [5.41, 5.74) is 4.21. The first-order valence-corrected chi connectivity index (χ1v) is 9.63. The van der Waals surface area contributed by atoms with E-state index >= 15 is 0 Å². The van der Waals surface area contributed by atoms with E-state index in [0.717, 1.165) is 43.0 Å². The second-order valence-electron chi connectivity index (χ2n) is 7.58. The number of aromatic nitrogens is 2. The summed E-state index contributed by atoms with van der Waals surface area (Å²) in [5, 5.41) is 17.4. The molecule has 2 aromatic rings. The van der Waals surface area contributed by atoms with Gasteiger partial charge in [0.25, 0.3) is 0 Å². The number of nitrogens with one attached hydrogen (secondary N) is 1. The number of aliphatic hydroxyl groups excluding tert-OH is 1. The standard InChI is InChI=1S/C21H30N4O2/c1-15-19(16(2)24(3)23-15)11-21(27)22-20-9-10-25(13-18(20)14-26)12-17-7-5-4-6-8-17/h4-8,18,20,26H,9-14H2,1-3H3,(H,22,27)/t18-,20-/m1/s1. The van der Waals surface area contributed by atoms with Crippen molar-refractivity contribution in [2.24, 2.45) is 13.0 Å². The number of amides is 1. The molecule has 1 amide bonds. The van der Waals surface area contributed by atoms with Gasteiger partial charge in [-0.3, -0.25) is 14.4 Å². The molecule has 6 nitrogen and oxygen atoms in total. The van der Waals surface area contributed by atoms with Crippen LogP contribution in [0.3, 0.4) is 0 Å². The van der Waals surface area contributed by atoms with Gasteiger partial charge in [-0.25, -0.2) is 0 Å². The van der Waals surface area contributed by atoms with Crippen molar-refractivity contribution < 1.29 is 9.90 Å². The number of carbonyl (C=O) groups excluding carboxylic acids is 1. The minimum atomic E-state index is 0.00848. The fourth-order valence-corrected chi connectivity index (χ4v) is 3.96. The molecule has 2 atom stereocenters. The molecule has 1 aromatic heterocycles. The Balaban J connectivity index is 1.56. The fraction of sp³-hybridized carbons (Fsp3) is 0.524. The molecule has 0 spiro atoms. The van der Waals surface area contributed by atoms with Gasteiger partial charge in [0.15, 0.2) is 0 Å². The van der Waals surface area contributed by atoms with Crippen molar-refractivity contribution in [2.75, 3.05) is 19.7 Å². The van der Waals surface area contributed by atoms with E-state index in [0.29, 0.717) is 6.42 Å². The molecule has 1 aromatic carbocycles. The van der Waals surface area contributed by atoms with Gasteiger partial charge in [-0.15, -0.1) is 0 Å². The molecule has 3 rings (SSSR count). The molecule has 0 bridgehead atoms. The molecule has 0 unspecified atom stereocenters. The number of rotatable bonds is 6. The molecule has 146 valence electrons. The zero-order chi connectivity index (χ0) is 19.4. The second-order valence-corrected chi connectivity index (χ2v) is 7.58. The molecule has 0 aliphatic carbocycles. The van der Waals surface area contributed by atoms with E-state index in [-0.39, 0.29) is 24.5 Å². The van der Waals surface area contributed by atoms with Gasteiger partial charge < -0.3 is 10.4 Å². The van der Waals surface area contributed by atoms with E-state index in [2.05, 4.69) is 27.4 Å². The van der Waals surface area contributed by atoms with Crippen LogP contribution in [0.1, 0.15) is 28.9 Å². The summed E-state index contributed by atoms with van der Waals surface area (Å²) in [6.07, 6.45) is 1.20. The summed E-state index contributed by atoms with van der Waals surface area (Å²) in [4.78, 5) is 14.9. The molecule has 6 heteroatoms. The van der Waals surface area contributed by atoms with Crippen LogP contribution >= 0.6 is 0 Å². The molecular weight excluding hydrogens is 340 g/mol. The molecule has 27 heavy (non-hydrogen) atoms. The molecule has 1 saturated heterocycles. The fourth-order valence-electron chi connectivity index (χ4n) is 3.96. The first-order valence-electron chi connectivity index (χ1n) is 9.63. The second kappa shape index (κ2) is 8.67. The molecule has 2 heterocycles. The Bertz CT molecular complexity index is 772. The van der Waals surface area contributed by atoms with Crippen molar-refractivity contribution in [1.29, 1.82) is 0 Å². The summed E-state index contributed by atoms with van der Waals surface area (Å²) in [5.74, 6) is 0.0664. The SMILES string of the molecule is Cc1nn(C)c(C)c1CC(=O)N[C@@H]1CCN(Cc2ccccc2)C[C@@H]1CO. The number of piperidine rings is 1. The summed E-state index contributed by atoms with van der Waals surface area (Å²) in [6.45, 7) is 6.60. The van der Waals surface area contributed by atoms with Crippen LogP contribution in [0.5, 0.6) is 0 Å². The Labute approximate surface area is 161 Å². The van der Waals surface area contributed by atoms with Gasteiger partial charge in [0.2, 0.25) is 5.91 Å². The largest absolute Gasteiger partial charge is 0.396 e. The van der Waals surface area contributed by atoms with Gasteiger partial charge in [-0.1, -0.05) is 30.3 Å². The Kier molecular flexibility index (Phi) is 6.29. The third-order valence-corrected chi connectivity index (χ3v) is 5.64. The van der Waals surface area contributed by atoms with E-state index in [1.807, 2.05) is 43.8 Å². The quantitative estimate of drug-likeness (QED) is 0.810. The lowest BCUT2D eigenvalue weighted by molar-refractivity contribution is -0.122. The highest BCUT2D eigenvalue weighted by atomic mass is 16.3. The summed E-state index contributed by atoms with van der Waals surface area (Å²) in [6, 6.07) is 10.4. The van der Waals surface area contributed by atoms with E-state index in [1.165, 1.54) is 5.56 Å². The first kappa shape index (κ1) is 19.6. The molecule has 1 aliphatic rings. The van der Waals surface area contributed by atoms with Gasteiger partial charge in [-0.2, -0.15) is 5.10 Å². The highest BCUT2D eigenvalue weighted by molar-refractivity contribution is 5.79. The number of benzene rings is 1. The smallest absolute Gasteiger partial charge is 0.224 e. The normalized spacial score (nSPS) is 20.6. The van der Waals surface area contributed by atoms with Gasteiger partial charge in [0.05, 0.1) is 12.1 Å². The van der Waals surface area contributed by atoms with Crippen LogP contribution < -0.4 is 5.32 Å². The lowest BCUT2D eigenvalue weighted by atomic mass is 9.92. The molecule has 2 N–H and O–H groups in total. The predicted molar refractivity (Wildman–Crippen MR) is 105 cm³/mol. The minimum Gasteiger partial charge on any atom is -0.396 e. The minimum absolute atomic E-state index is 0.00848. The lowest BCUT2D eigenvalue weighted by Gasteiger charge is -2.38. The van der Waals surface area contributed by atoms with Gasteiger partial charge in [-0.05, 0) is 25.8 Å². The molecule has 1 aliphatic heterocycles. The van der Waals surface area contributed by atoms with Crippen LogP contribution in [-0.4, -0.2) is 51.4 Å². The number of aliphatic hydroxyl groups is 1. The molecule has 1 fully saturated rings. The maximum Gasteiger partial charge on any atom is 0.224 e. The number of hydrogen-bond acceptors (Lipinski definition) is 4. The molecule has 0 saturated carbocycles. The summed E-state index contributed by atoms with van der Waals surface area (Å²) < 4.78 is 1.82. The molecular formula is C21H30N4O2. The maximum absolute atomic E-state index is 12.6. The number of nitrogens with zero attached hydrogens (tertiary/aromatic N) is 3. The summed E-state index contributed by atoms with van der Waals surface area (Å²) in [7, 11) is 1.90. The van der Waals surface area contributed by atoms with Crippen LogP contribution in [-0.2, 0) is 24.8 Å². The number of hydrogen-bond donors (Lipinski definition) is 2. The van der Waals surface area contributed by atoms with E-state index in [4.69, 9.17) is 0 Å².